The summed E-state index contributed by atoms with van der Waals surface area (Å²) in [7, 11) is 2.05. The Labute approximate surface area is 174 Å². The number of rotatable bonds is 4. The predicted molar refractivity (Wildman–Crippen MR) is 116 cm³/mol. The van der Waals surface area contributed by atoms with Crippen molar-refractivity contribution in [3.63, 3.8) is 0 Å². The summed E-state index contributed by atoms with van der Waals surface area (Å²) in [5, 5.41) is 0.177. The van der Waals surface area contributed by atoms with Crippen LogP contribution in [0.1, 0.15) is 30.1 Å². The molecular weight excluding hydrogens is 385 g/mol. The molecule has 0 N–H and O–H groups in total. The zero-order valence-electron chi connectivity index (χ0n) is 17.4. The predicted octanol–water partition coefficient (Wildman–Crippen LogP) is 3.26. The van der Waals surface area contributed by atoms with Gasteiger partial charge in [-0.3, -0.25) is 4.79 Å². The first-order valence-electron chi connectivity index (χ1n) is 10.4. The molecule has 1 aliphatic carbocycles. The minimum absolute atomic E-state index is 0.0871. The molecule has 1 aromatic carbocycles. The second-order valence-corrected chi connectivity index (χ2v) is 7.68. The molecule has 0 bridgehead atoms. The number of likely N-dealkylation sites (N-methyl/N-ethyl adjacent to an activating group) is 1. The van der Waals surface area contributed by atoms with Crippen molar-refractivity contribution in [1.82, 2.24) is 9.47 Å². The van der Waals surface area contributed by atoms with Gasteiger partial charge in [0.25, 0.3) is 0 Å². The van der Waals surface area contributed by atoms with Crippen LogP contribution in [-0.2, 0) is 4.74 Å². The lowest BCUT2D eigenvalue weighted by atomic mass is 10.1. The number of halogens is 1. The summed E-state index contributed by atoms with van der Waals surface area (Å²) < 4.78 is 22.0. The first-order valence-corrected chi connectivity index (χ1v) is 10.4. The number of ether oxygens (including phenoxy) is 1. The number of hydrogen-bond donors (Lipinski definition) is 0. The monoisotopic (exact) mass is 411 g/mol. The Bertz CT molecular complexity index is 1100. The van der Waals surface area contributed by atoms with Gasteiger partial charge in [-0.25, -0.2) is 9.18 Å². The van der Waals surface area contributed by atoms with Gasteiger partial charge >= 0.3 is 5.97 Å². The number of hydrogen-bond acceptors (Lipinski definition) is 5. The van der Waals surface area contributed by atoms with Gasteiger partial charge in [0.1, 0.15) is 11.4 Å². The molecule has 1 fully saturated rings. The van der Waals surface area contributed by atoms with Gasteiger partial charge in [0.05, 0.1) is 17.8 Å². The van der Waals surface area contributed by atoms with E-state index in [9.17, 15) is 9.59 Å². The van der Waals surface area contributed by atoms with Crippen molar-refractivity contribution in [1.29, 1.82) is 0 Å². The normalized spacial score (nSPS) is 17.3. The first kappa shape index (κ1) is 20.3. The molecule has 0 radical (unpaired) electrons. The molecule has 7 heteroatoms. The number of carbonyl (C=O) groups is 1. The summed E-state index contributed by atoms with van der Waals surface area (Å²) >= 11 is 0. The average molecular weight is 411 g/mol. The van der Waals surface area contributed by atoms with E-state index in [0.29, 0.717) is 24.3 Å². The lowest BCUT2D eigenvalue weighted by Crippen LogP contribution is -2.44. The van der Waals surface area contributed by atoms with Crippen molar-refractivity contribution in [3.8, 4) is 0 Å². The number of allylic oxidation sites excluding steroid dienone is 4. The van der Waals surface area contributed by atoms with Gasteiger partial charge in [-0.2, -0.15) is 0 Å². The van der Waals surface area contributed by atoms with Crippen LogP contribution in [0.4, 0.5) is 10.1 Å². The maximum atomic E-state index is 15.1. The van der Waals surface area contributed by atoms with E-state index in [1.807, 2.05) is 24.1 Å². The van der Waals surface area contributed by atoms with Crippen molar-refractivity contribution in [2.24, 2.45) is 0 Å². The fourth-order valence-electron chi connectivity index (χ4n) is 3.97. The van der Waals surface area contributed by atoms with E-state index in [0.717, 1.165) is 31.6 Å². The molecule has 1 saturated heterocycles. The molecule has 0 amide bonds. The zero-order chi connectivity index (χ0) is 21.3. The second kappa shape index (κ2) is 8.44. The number of esters is 1. The number of benzene rings is 1. The third kappa shape index (κ3) is 3.77. The molecule has 30 heavy (non-hydrogen) atoms. The molecule has 4 rings (SSSR count). The molecule has 1 aromatic heterocycles. The molecule has 2 aliphatic rings. The number of nitrogens with zero attached hydrogens (tertiary/aromatic N) is 3. The van der Waals surface area contributed by atoms with Crippen LogP contribution in [0, 0.1) is 5.82 Å². The van der Waals surface area contributed by atoms with Crippen LogP contribution in [0.3, 0.4) is 0 Å². The highest BCUT2D eigenvalue weighted by molar-refractivity contribution is 5.96. The molecule has 0 spiro atoms. The largest absolute Gasteiger partial charge is 0.462 e. The van der Waals surface area contributed by atoms with Crippen LogP contribution in [-0.4, -0.2) is 55.3 Å². The fourth-order valence-corrected chi connectivity index (χ4v) is 3.97. The Morgan fingerprint density at radius 1 is 1.17 bits per heavy atom. The molecular formula is C23H26FN3O3. The quantitative estimate of drug-likeness (QED) is 0.723. The minimum Gasteiger partial charge on any atom is -0.462 e. The van der Waals surface area contributed by atoms with E-state index in [1.54, 1.807) is 17.6 Å². The summed E-state index contributed by atoms with van der Waals surface area (Å²) in [5.41, 5.74) is 1.32. The van der Waals surface area contributed by atoms with Crippen LogP contribution >= 0.6 is 0 Å². The Morgan fingerprint density at radius 3 is 2.60 bits per heavy atom. The van der Waals surface area contributed by atoms with Crippen molar-refractivity contribution in [3.05, 3.63) is 58.2 Å². The van der Waals surface area contributed by atoms with Gasteiger partial charge in [0.15, 0.2) is 0 Å². The lowest BCUT2D eigenvalue weighted by molar-refractivity contribution is 0.0524. The Morgan fingerprint density at radius 2 is 1.93 bits per heavy atom. The van der Waals surface area contributed by atoms with Crippen molar-refractivity contribution in [2.45, 2.75) is 19.8 Å². The Balaban J connectivity index is 1.92. The number of carbonyl (C=O) groups excluding carboxylic acids is 1. The Kier molecular flexibility index (Phi) is 5.72. The van der Waals surface area contributed by atoms with Gasteiger partial charge in [-0.1, -0.05) is 12.2 Å². The third-order valence-corrected chi connectivity index (χ3v) is 5.67. The van der Waals surface area contributed by atoms with Crippen molar-refractivity contribution >= 4 is 28.3 Å². The minimum atomic E-state index is -0.693. The summed E-state index contributed by atoms with van der Waals surface area (Å²) in [4.78, 5) is 29.6. The zero-order valence-corrected chi connectivity index (χ0v) is 17.4. The molecule has 1 aliphatic heterocycles. The van der Waals surface area contributed by atoms with Crippen molar-refractivity contribution < 1.29 is 13.9 Å². The summed E-state index contributed by atoms with van der Waals surface area (Å²) in [6.07, 6.45) is 9.39. The van der Waals surface area contributed by atoms with E-state index in [4.69, 9.17) is 4.74 Å². The third-order valence-electron chi connectivity index (χ3n) is 5.67. The van der Waals surface area contributed by atoms with Crippen LogP contribution in [0.25, 0.3) is 16.6 Å². The maximum absolute atomic E-state index is 15.1. The molecule has 6 nitrogen and oxygen atoms in total. The van der Waals surface area contributed by atoms with Gasteiger partial charge in [-0.05, 0) is 45.0 Å². The molecule has 2 heterocycles. The van der Waals surface area contributed by atoms with Crippen molar-refractivity contribution in [2.75, 3.05) is 44.7 Å². The average Bonchev–Trinajstić information content (AvgIpc) is 2.75. The standard InChI is InChI=1S/C23H26FN3O3/c1-3-30-23(29)18-15-27(16-7-5-4-6-8-16)20-14-21(19(24)13-17(20)22(18)28)26-11-9-25(2)10-12-26/h5,7-8,13-15H,3-4,6,9-12H2,1-2H3. The highest BCUT2D eigenvalue weighted by Gasteiger charge is 2.23. The number of fused-ring (bicyclic) bond motifs is 1. The van der Waals surface area contributed by atoms with Gasteiger partial charge < -0.3 is 19.1 Å². The number of pyridine rings is 1. The molecule has 158 valence electrons. The Hall–Kier alpha value is -2.93. The van der Waals surface area contributed by atoms with Gasteiger partial charge in [-0.15, -0.1) is 0 Å². The SMILES string of the molecule is CCOC(=O)c1cn(C2=CCCC=C2)c2cc(N3CCN(C)CC3)c(F)cc2c1=O. The second-order valence-electron chi connectivity index (χ2n) is 7.68. The van der Waals surface area contributed by atoms with E-state index in [2.05, 4.69) is 11.0 Å². The summed E-state index contributed by atoms with van der Waals surface area (Å²) in [6.45, 7) is 4.97. The molecule has 0 atom stereocenters. The number of piperazine rings is 1. The molecule has 0 unspecified atom stereocenters. The van der Waals surface area contributed by atoms with E-state index in [1.165, 1.54) is 12.3 Å². The van der Waals surface area contributed by atoms with Crippen LogP contribution < -0.4 is 10.3 Å². The van der Waals surface area contributed by atoms with Crippen LogP contribution in [0.5, 0.6) is 0 Å². The maximum Gasteiger partial charge on any atom is 0.343 e. The fraction of sp³-hybridized carbons (Fsp3) is 0.391. The summed E-state index contributed by atoms with van der Waals surface area (Å²) in [6, 6.07) is 2.99. The number of aromatic nitrogens is 1. The highest BCUT2D eigenvalue weighted by Crippen LogP contribution is 2.28. The van der Waals surface area contributed by atoms with Gasteiger partial charge in [0.2, 0.25) is 5.43 Å². The first-order chi connectivity index (χ1) is 14.5. The summed E-state index contributed by atoms with van der Waals surface area (Å²) in [5.74, 6) is -1.15. The van der Waals surface area contributed by atoms with Gasteiger partial charge in [0, 0.05) is 43.5 Å². The molecule has 2 aromatic rings. The van der Waals surface area contributed by atoms with E-state index in [-0.39, 0.29) is 17.6 Å². The highest BCUT2D eigenvalue weighted by atomic mass is 19.1. The number of anilines is 1. The van der Waals surface area contributed by atoms with Crippen LogP contribution in [0.2, 0.25) is 0 Å². The smallest absolute Gasteiger partial charge is 0.343 e. The lowest BCUT2D eigenvalue weighted by Gasteiger charge is -2.34. The van der Waals surface area contributed by atoms with E-state index >= 15 is 4.39 Å². The topological polar surface area (TPSA) is 54.8 Å². The molecule has 0 saturated carbocycles. The van der Waals surface area contributed by atoms with Crippen LogP contribution in [0.15, 0.2) is 41.4 Å². The van der Waals surface area contributed by atoms with E-state index < -0.39 is 17.2 Å².